The predicted octanol–water partition coefficient (Wildman–Crippen LogP) is 11.0. The Labute approximate surface area is 254 Å². The molecule has 0 unspecified atom stereocenters. The van der Waals surface area contributed by atoms with E-state index in [1.807, 2.05) is 30.0 Å². The molecule has 0 N–H and O–H groups in total. The molecule has 0 amide bonds. The number of allylic oxidation sites excluding steroid dienone is 1. The van der Waals surface area contributed by atoms with Crippen molar-refractivity contribution in [3.05, 3.63) is 53.6 Å². The molecule has 2 rings (SSSR count). The molecular formula is C36H54O4S. The molecule has 0 aliphatic heterocycles. The molecule has 2 aromatic rings. The van der Waals surface area contributed by atoms with Crippen LogP contribution in [0.5, 0.6) is 17.2 Å². The summed E-state index contributed by atoms with van der Waals surface area (Å²) in [5, 5.41) is 0. The molecule has 0 fully saturated rings. The van der Waals surface area contributed by atoms with Gasteiger partial charge in [0, 0.05) is 16.0 Å². The van der Waals surface area contributed by atoms with Gasteiger partial charge in [0.1, 0.15) is 0 Å². The smallest absolute Gasteiger partial charge is 0.203 e. The summed E-state index contributed by atoms with van der Waals surface area (Å²) < 4.78 is 16.3. The number of unbranched alkanes of at least 4 members (excludes halogenated alkanes) is 15. The van der Waals surface area contributed by atoms with E-state index in [4.69, 9.17) is 14.2 Å². The summed E-state index contributed by atoms with van der Waals surface area (Å²) >= 11 is 1.88. The van der Waals surface area contributed by atoms with E-state index in [0.29, 0.717) is 22.8 Å². The summed E-state index contributed by atoms with van der Waals surface area (Å²) in [5.41, 5.74) is 1.43. The molecule has 0 heterocycles. The maximum absolute atomic E-state index is 12.7. The highest BCUT2D eigenvalue weighted by Gasteiger charge is 2.14. The Balaban J connectivity index is 1.56. The minimum Gasteiger partial charge on any atom is -0.493 e. The summed E-state index contributed by atoms with van der Waals surface area (Å²) in [6.45, 7) is 2.29. The van der Waals surface area contributed by atoms with E-state index < -0.39 is 0 Å². The van der Waals surface area contributed by atoms with E-state index in [9.17, 15) is 4.79 Å². The number of ketones is 1. The molecule has 0 saturated heterocycles. The summed E-state index contributed by atoms with van der Waals surface area (Å²) in [6.07, 6.45) is 25.7. The zero-order chi connectivity index (χ0) is 29.5. The number of hydrogen-bond donors (Lipinski definition) is 0. The summed E-state index contributed by atoms with van der Waals surface area (Å²) in [5.74, 6) is 2.72. The van der Waals surface area contributed by atoms with E-state index in [-0.39, 0.29) is 5.78 Å². The van der Waals surface area contributed by atoms with Gasteiger partial charge in [-0.2, -0.15) is 0 Å². The van der Waals surface area contributed by atoms with Crippen molar-refractivity contribution in [1.82, 2.24) is 0 Å². The number of thioether (sulfide) groups is 1. The standard InChI is InChI=1S/C36H54O4S/c1-5-6-7-8-9-10-11-12-13-14-15-16-17-18-19-20-29-41-32-25-21-30(22-26-32)33(37)27-23-31-24-28-34(38-2)36(40-4)35(31)39-3/h21-28H,5-20,29H2,1-4H3. The van der Waals surface area contributed by atoms with Crippen molar-refractivity contribution in [2.75, 3.05) is 27.1 Å². The van der Waals surface area contributed by atoms with Gasteiger partial charge in [-0.25, -0.2) is 0 Å². The van der Waals surface area contributed by atoms with Crippen LogP contribution >= 0.6 is 11.8 Å². The van der Waals surface area contributed by atoms with Crippen molar-refractivity contribution in [2.45, 2.75) is 115 Å². The van der Waals surface area contributed by atoms with Crippen LogP contribution in [-0.2, 0) is 0 Å². The van der Waals surface area contributed by atoms with Crippen LogP contribution in [-0.4, -0.2) is 32.9 Å². The molecule has 228 valence electrons. The number of methoxy groups -OCH3 is 3. The average molecular weight is 583 g/mol. The van der Waals surface area contributed by atoms with Crippen molar-refractivity contribution in [1.29, 1.82) is 0 Å². The first-order valence-electron chi connectivity index (χ1n) is 15.9. The summed E-state index contributed by atoms with van der Waals surface area (Å²) in [7, 11) is 4.73. The van der Waals surface area contributed by atoms with Crippen molar-refractivity contribution in [3.63, 3.8) is 0 Å². The average Bonchev–Trinajstić information content (AvgIpc) is 3.01. The Morgan fingerprint density at radius 2 is 1.15 bits per heavy atom. The van der Waals surface area contributed by atoms with Crippen LogP contribution in [0, 0.1) is 0 Å². The number of hydrogen-bond acceptors (Lipinski definition) is 5. The lowest BCUT2D eigenvalue weighted by molar-refractivity contribution is 0.104. The molecule has 0 spiro atoms. The van der Waals surface area contributed by atoms with Crippen LogP contribution in [0.25, 0.3) is 6.08 Å². The molecule has 0 radical (unpaired) electrons. The van der Waals surface area contributed by atoms with E-state index in [1.165, 1.54) is 108 Å². The number of carbonyl (C=O) groups is 1. The zero-order valence-electron chi connectivity index (χ0n) is 26.2. The third-order valence-corrected chi connectivity index (χ3v) is 8.65. The van der Waals surface area contributed by atoms with Gasteiger partial charge in [0.25, 0.3) is 0 Å². The molecule has 41 heavy (non-hydrogen) atoms. The van der Waals surface area contributed by atoms with Gasteiger partial charge in [-0.1, -0.05) is 103 Å². The highest BCUT2D eigenvalue weighted by Crippen LogP contribution is 2.40. The molecule has 0 saturated carbocycles. The van der Waals surface area contributed by atoms with Gasteiger partial charge in [0.2, 0.25) is 5.75 Å². The van der Waals surface area contributed by atoms with E-state index in [1.54, 1.807) is 39.5 Å². The Bertz CT molecular complexity index is 999. The Hall–Kier alpha value is -2.40. The highest BCUT2D eigenvalue weighted by atomic mass is 32.2. The molecule has 0 aromatic heterocycles. The number of rotatable bonds is 24. The Morgan fingerprint density at radius 1 is 0.634 bits per heavy atom. The highest BCUT2D eigenvalue weighted by molar-refractivity contribution is 7.99. The van der Waals surface area contributed by atoms with Crippen LogP contribution in [0.1, 0.15) is 126 Å². The van der Waals surface area contributed by atoms with Crippen molar-refractivity contribution in [3.8, 4) is 17.2 Å². The molecule has 0 aliphatic rings. The SMILES string of the molecule is CCCCCCCCCCCCCCCCCCSc1ccc(C(=O)C=Cc2ccc(OC)c(OC)c2OC)cc1. The summed E-state index contributed by atoms with van der Waals surface area (Å²) in [4.78, 5) is 14.0. The fraction of sp³-hybridized carbons (Fsp3) is 0.583. The van der Waals surface area contributed by atoms with Crippen LogP contribution in [0.15, 0.2) is 47.4 Å². The first-order valence-corrected chi connectivity index (χ1v) is 16.9. The topological polar surface area (TPSA) is 44.8 Å². The van der Waals surface area contributed by atoms with Gasteiger partial charge in [-0.15, -0.1) is 11.8 Å². The summed E-state index contributed by atoms with van der Waals surface area (Å²) in [6, 6.07) is 11.6. The lowest BCUT2D eigenvalue weighted by Gasteiger charge is -2.13. The molecule has 0 bridgehead atoms. The molecule has 4 nitrogen and oxygen atoms in total. The molecule has 0 aliphatic carbocycles. The van der Waals surface area contributed by atoms with Gasteiger partial charge in [-0.05, 0) is 60.7 Å². The lowest BCUT2D eigenvalue weighted by atomic mass is 10.0. The zero-order valence-corrected chi connectivity index (χ0v) is 27.0. The van der Waals surface area contributed by atoms with Crippen LogP contribution in [0.2, 0.25) is 0 Å². The number of carbonyl (C=O) groups excluding carboxylic acids is 1. The molecular weight excluding hydrogens is 528 g/mol. The molecule has 5 heteroatoms. The number of ether oxygens (including phenoxy) is 3. The maximum atomic E-state index is 12.7. The predicted molar refractivity (Wildman–Crippen MR) is 176 cm³/mol. The third kappa shape index (κ3) is 13.9. The minimum atomic E-state index is -0.0452. The van der Waals surface area contributed by atoms with E-state index >= 15 is 0 Å². The van der Waals surface area contributed by atoms with E-state index in [2.05, 4.69) is 19.1 Å². The monoisotopic (exact) mass is 582 g/mol. The molecule has 0 atom stereocenters. The van der Waals surface area contributed by atoms with Crippen molar-refractivity contribution >= 4 is 23.6 Å². The lowest BCUT2D eigenvalue weighted by Crippen LogP contribution is -1.97. The molecule has 2 aromatic carbocycles. The quantitative estimate of drug-likeness (QED) is 0.0533. The third-order valence-electron chi connectivity index (χ3n) is 7.55. The second-order valence-corrected chi connectivity index (χ2v) is 12.0. The second kappa shape index (κ2) is 22.2. The normalized spacial score (nSPS) is 11.2. The Morgan fingerprint density at radius 3 is 1.63 bits per heavy atom. The van der Waals surface area contributed by atoms with Crippen LogP contribution in [0.3, 0.4) is 0 Å². The first-order chi connectivity index (χ1) is 20.1. The largest absolute Gasteiger partial charge is 0.493 e. The van der Waals surface area contributed by atoms with Crippen LogP contribution < -0.4 is 14.2 Å². The fourth-order valence-corrected chi connectivity index (χ4v) is 5.99. The Kier molecular flexibility index (Phi) is 18.9. The van der Waals surface area contributed by atoms with Crippen molar-refractivity contribution in [2.24, 2.45) is 0 Å². The van der Waals surface area contributed by atoms with Gasteiger partial charge >= 0.3 is 0 Å². The van der Waals surface area contributed by atoms with Gasteiger partial charge in [0.05, 0.1) is 21.3 Å². The maximum Gasteiger partial charge on any atom is 0.203 e. The second-order valence-electron chi connectivity index (χ2n) is 10.8. The van der Waals surface area contributed by atoms with Gasteiger partial charge in [-0.3, -0.25) is 4.79 Å². The minimum absolute atomic E-state index is 0.0452. The fourth-order valence-electron chi connectivity index (χ4n) is 5.07. The van der Waals surface area contributed by atoms with Crippen molar-refractivity contribution < 1.29 is 19.0 Å². The van der Waals surface area contributed by atoms with E-state index in [0.717, 1.165) is 11.3 Å². The first kappa shape index (κ1) is 34.8. The van der Waals surface area contributed by atoms with Gasteiger partial charge < -0.3 is 14.2 Å². The number of benzene rings is 2. The van der Waals surface area contributed by atoms with Crippen LogP contribution in [0.4, 0.5) is 0 Å². The van der Waals surface area contributed by atoms with Gasteiger partial charge in [0.15, 0.2) is 17.3 Å².